The lowest BCUT2D eigenvalue weighted by Crippen LogP contribution is -2.20. The van der Waals surface area contributed by atoms with Crippen molar-refractivity contribution in [2.24, 2.45) is 11.5 Å². The van der Waals surface area contributed by atoms with E-state index in [4.69, 9.17) is 23.1 Å². The van der Waals surface area contributed by atoms with E-state index in [2.05, 4.69) is 0 Å². The van der Waals surface area contributed by atoms with E-state index >= 15 is 0 Å². The predicted molar refractivity (Wildman–Crippen MR) is 54.1 cm³/mol. The van der Waals surface area contributed by atoms with Gasteiger partial charge in [0.25, 0.3) is 5.69 Å². The first-order valence-electron chi connectivity index (χ1n) is 3.95. The van der Waals surface area contributed by atoms with Gasteiger partial charge in [-0.05, 0) is 11.6 Å². The standard InChI is InChI=1S/C8H10ClN3O2/c9-6-2-1-5(7(11)4-10)3-8(6)12(13)14/h1-3,7H,4,10-11H2. The molecule has 0 bridgehead atoms. The minimum Gasteiger partial charge on any atom is -0.329 e. The highest BCUT2D eigenvalue weighted by Gasteiger charge is 2.14. The van der Waals surface area contributed by atoms with Crippen LogP contribution in [0.15, 0.2) is 18.2 Å². The summed E-state index contributed by atoms with van der Waals surface area (Å²) in [5.74, 6) is 0. The summed E-state index contributed by atoms with van der Waals surface area (Å²) < 4.78 is 0. The number of hydrogen-bond donors (Lipinski definition) is 2. The summed E-state index contributed by atoms with van der Waals surface area (Å²) in [5.41, 5.74) is 11.4. The van der Waals surface area contributed by atoms with Gasteiger partial charge in [0, 0.05) is 18.7 Å². The third-order valence-electron chi connectivity index (χ3n) is 1.85. The molecule has 0 radical (unpaired) electrons. The first kappa shape index (κ1) is 10.9. The molecule has 1 unspecified atom stereocenters. The number of nitro benzene ring substituents is 1. The molecule has 1 aromatic carbocycles. The first-order chi connectivity index (χ1) is 6.56. The van der Waals surface area contributed by atoms with Crippen LogP contribution < -0.4 is 11.5 Å². The second-order valence-corrected chi connectivity index (χ2v) is 3.22. The molecule has 76 valence electrons. The first-order valence-corrected chi connectivity index (χ1v) is 4.33. The second-order valence-electron chi connectivity index (χ2n) is 2.81. The van der Waals surface area contributed by atoms with Gasteiger partial charge in [0.2, 0.25) is 0 Å². The van der Waals surface area contributed by atoms with Crippen LogP contribution in [0.5, 0.6) is 0 Å². The van der Waals surface area contributed by atoms with Crippen LogP contribution in [0.1, 0.15) is 11.6 Å². The molecule has 0 heterocycles. The van der Waals surface area contributed by atoms with E-state index < -0.39 is 11.0 Å². The SMILES string of the molecule is NCC(N)c1ccc(Cl)c([N+](=O)[O-])c1. The van der Waals surface area contributed by atoms with E-state index in [9.17, 15) is 10.1 Å². The number of benzene rings is 1. The van der Waals surface area contributed by atoms with Crippen LogP contribution in [0.3, 0.4) is 0 Å². The molecule has 0 aliphatic heterocycles. The largest absolute Gasteiger partial charge is 0.329 e. The van der Waals surface area contributed by atoms with E-state index in [0.29, 0.717) is 5.56 Å². The summed E-state index contributed by atoms with van der Waals surface area (Å²) in [6, 6.07) is 4.03. The monoisotopic (exact) mass is 215 g/mol. The molecule has 0 spiro atoms. The molecule has 0 saturated carbocycles. The maximum absolute atomic E-state index is 10.5. The highest BCUT2D eigenvalue weighted by molar-refractivity contribution is 6.32. The van der Waals surface area contributed by atoms with E-state index in [-0.39, 0.29) is 17.3 Å². The Kier molecular flexibility index (Phi) is 3.40. The lowest BCUT2D eigenvalue weighted by molar-refractivity contribution is -0.384. The predicted octanol–water partition coefficient (Wildman–Crippen LogP) is 1.21. The number of nitrogens with zero attached hydrogens (tertiary/aromatic N) is 1. The molecule has 5 nitrogen and oxygen atoms in total. The average Bonchev–Trinajstić information content (AvgIpc) is 2.17. The summed E-state index contributed by atoms with van der Waals surface area (Å²) in [7, 11) is 0. The number of nitro groups is 1. The molecule has 14 heavy (non-hydrogen) atoms. The van der Waals surface area contributed by atoms with Gasteiger partial charge in [-0.15, -0.1) is 0 Å². The Morgan fingerprint density at radius 3 is 2.71 bits per heavy atom. The molecular formula is C8H10ClN3O2. The molecule has 6 heteroatoms. The molecule has 0 aliphatic rings. The third kappa shape index (κ3) is 2.20. The smallest absolute Gasteiger partial charge is 0.288 e. The van der Waals surface area contributed by atoms with Gasteiger partial charge in [0.15, 0.2) is 0 Å². The summed E-state index contributed by atoms with van der Waals surface area (Å²) in [6.07, 6.45) is 0. The van der Waals surface area contributed by atoms with Crippen molar-refractivity contribution in [2.75, 3.05) is 6.54 Å². The Morgan fingerprint density at radius 1 is 1.57 bits per heavy atom. The van der Waals surface area contributed by atoms with Crippen LogP contribution in [0, 0.1) is 10.1 Å². The summed E-state index contributed by atoms with van der Waals surface area (Å²) in [5, 5.41) is 10.6. The fraction of sp³-hybridized carbons (Fsp3) is 0.250. The molecule has 0 saturated heterocycles. The number of halogens is 1. The molecular weight excluding hydrogens is 206 g/mol. The Balaban J connectivity index is 3.12. The highest BCUT2D eigenvalue weighted by atomic mass is 35.5. The lowest BCUT2D eigenvalue weighted by Gasteiger charge is -2.08. The Hall–Kier alpha value is -1.17. The molecule has 0 aliphatic carbocycles. The van der Waals surface area contributed by atoms with Crippen LogP contribution >= 0.6 is 11.6 Å². The Labute approximate surface area is 85.8 Å². The fourth-order valence-corrected chi connectivity index (χ4v) is 1.22. The molecule has 4 N–H and O–H groups in total. The molecule has 1 atom stereocenters. The van der Waals surface area contributed by atoms with E-state index in [0.717, 1.165) is 0 Å². The number of hydrogen-bond acceptors (Lipinski definition) is 4. The number of nitrogens with two attached hydrogens (primary N) is 2. The van der Waals surface area contributed by atoms with Crippen molar-refractivity contribution in [2.45, 2.75) is 6.04 Å². The van der Waals surface area contributed by atoms with Gasteiger partial charge in [0.1, 0.15) is 5.02 Å². The van der Waals surface area contributed by atoms with Crippen molar-refractivity contribution in [1.82, 2.24) is 0 Å². The average molecular weight is 216 g/mol. The zero-order chi connectivity index (χ0) is 10.7. The van der Waals surface area contributed by atoms with Crippen molar-refractivity contribution in [3.8, 4) is 0 Å². The zero-order valence-electron chi connectivity index (χ0n) is 7.31. The van der Waals surface area contributed by atoms with Gasteiger partial charge < -0.3 is 11.5 Å². The Bertz CT molecular complexity index is 356. The van der Waals surface area contributed by atoms with Gasteiger partial charge in [-0.2, -0.15) is 0 Å². The molecule has 0 amide bonds. The van der Waals surface area contributed by atoms with Crippen molar-refractivity contribution in [3.05, 3.63) is 38.9 Å². The van der Waals surface area contributed by atoms with Crippen LogP contribution in [-0.4, -0.2) is 11.5 Å². The summed E-state index contributed by atoms with van der Waals surface area (Å²) >= 11 is 5.63. The molecule has 0 fully saturated rings. The minimum absolute atomic E-state index is 0.1000. The normalized spacial score (nSPS) is 12.5. The topological polar surface area (TPSA) is 95.2 Å². The quantitative estimate of drug-likeness (QED) is 0.585. The van der Waals surface area contributed by atoms with Gasteiger partial charge in [-0.3, -0.25) is 10.1 Å². The van der Waals surface area contributed by atoms with E-state index in [1.54, 1.807) is 6.07 Å². The molecule has 1 rings (SSSR count). The van der Waals surface area contributed by atoms with E-state index in [1.165, 1.54) is 12.1 Å². The van der Waals surface area contributed by atoms with Crippen molar-refractivity contribution >= 4 is 17.3 Å². The van der Waals surface area contributed by atoms with Gasteiger partial charge in [0.05, 0.1) is 4.92 Å². The maximum Gasteiger partial charge on any atom is 0.288 e. The van der Waals surface area contributed by atoms with Gasteiger partial charge >= 0.3 is 0 Å². The summed E-state index contributed by atoms with van der Waals surface area (Å²) in [4.78, 5) is 9.99. The van der Waals surface area contributed by atoms with Gasteiger partial charge in [-0.1, -0.05) is 17.7 Å². The van der Waals surface area contributed by atoms with Crippen LogP contribution in [-0.2, 0) is 0 Å². The zero-order valence-corrected chi connectivity index (χ0v) is 8.07. The lowest BCUT2D eigenvalue weighted by atomic mass is 10.1. The van der Waals surface area contributed by atoms with Crippen LogP contribution in [0.25, 0.3) is 0 Å². The maximum atomic E-state index is 10.5. The summed E-state index contributed by atoms with van der Waals surface area (Å²) in [6.45, 7) is 0.235. The Morgan fingerprint density at radius 2 is 2.21 bits per heavy atom. The van der Waals surface area contributed by atoms with Crippen molar-refractivity contribution in [3.63, 3.8) is 0 Å². The van der Waals surface area contributed by atoms with Gasteiger partial charge in [-0.25, -0.2) is 0 Å². The van der Waals surface area contributed by atoms with Crippen molar-refractivity contribution in [1.29, 1.82) is 0 Å². The highest BCUT2D eigenvalue weighted by Crippen LogP contribution is 2.26. The second kappa shape index (κ2) is 4.36. The van der Waals surface area contributed by atoms with Crippen LogP contribution in [0.4, 0.5) is 5.69 Å². The third-order valence-corrected chi connectivity index (χ3v) is 2.17. The van der Waals surface area contributed by atoms with Crippen LogP contribution in [0.2, 0.25) is 5.02 Å². The molecule has 1 aromatic rings. The number of rotatable bonds is 3. The fourth-order valence-electron chi connectivity index (χ4n) is 1.04. The van der Waals surface area contributed by atoms with Crippen molar-refractivity contribution < 1.29 is 4.92 Å². The van der Waals surface area contributed by atoms with E-state index in [1.807, 2.05) is 0 Å². The molecule has 0 aromatic heterocycles. The minimum atomic E-state index is -0.547.